The Morgan fingerprint density at radius 1 is 1.06 bits per heavy atom. The fourth-order valence-electron chi connectivity index (χ4n) is 7.78. The summed E-state index contributed by atoms with van der Waals surface area (Å²) < 4.78 is 25.4. The lowest BCUT2D eigenvalue weighted by molar-refractivity contribution is -0.0698. The second-order valence-corrected chi connectivity index (χ2v) is 13.5. The van der Waals surface area contributed by atoms with Crippen molar-refractivity contribution < 1.29 is 14.2 Å². The molecule has 5 aromatic rings. The average molecular weight is 715 g/mol. The summed E-state index contributed by atoms with van der Waals surface area (Å²) in [6.07, 6.45) is 12.5. The summed E-state index contributed by atoms with van der Waals surface area (Å²) in [5.74, 6) is 0.239. The molecule has 268 valence electrons. The first-order valence-electron chi connectivity index (χ1n) is 17.4. The van der Waals surface area contributed by atoms with Crippen molar-refractivity contribution >= 4 is 36.2 Å². The lowest BCUT2D eigenvalue weighted by Crippen LogP contribution is -2.60. The first-order chi connectivity index (χ1) is 24.4. The molecule has 1 atom stereocenters. The number of nitrogens with one attached hydrogen (secondary N) is 1. The van der Waals surface area contributed by atoms with Gasteiger partial charge in [-0.2, -0.15) is 13.5 Å². The largest absolute Gasteiger partial charge is 0.392 e. The Kier molecular flexibility index (Phi) is 9.76. The quantitative estimate of drug-likeness (QED) is 0.247. The van der Waals surface area contributed by atoms with Crippen molar-refractivity contribution in [2.45, 2.75) is 57.7 Å². The fraction of sp³-hybridized carbons (Fsp3) is 0.405. The number of piperazine rings is 1. The van der Waals surface area contributed by atoms with Crippen LogP contribution >= 0.6 is 13.5 Å². The molecular weight excluding hydrogens is 672 g/mol. The predicted octanol–water partition coefficient (Wildman–Crippen LogP) is 3.91. The average Bonchev–Trinajstić information content (AvgIpc) is 3.41. The Morgan fingerprint density at radius 3 is 2.61 bits per heavy atom. The van der Waals surface area contributed by atoms with Crippen molar-refractivity contribution in [1.29, 1.82) is 0 Å². The molecule has 2 aliphatic heterocycles. The van der Waals surface area contributed by atoms with Gasteiger partial charge in [-0.05, 0) is 61.9 Å². The molecule has 8 rings (SSSR count). The van der Waals surface area contributed by atoms with Crippen molar-refractivity contribution in [3.05, 3.63) is 98.6 Å². The Labute approximate surface area is 301 Å². The first-order valence-corrected chi connectivity index (χ1v) is 17.4. The van der Waals surface area contributed by atoms with Crippen LogP contribution in [0.4, 0.5) is 21.6 Å². The van der Waals surface area contributed by atoms with Crippen molar-refractivity contribution in [3.8, 4) is 16.9 Å². The van der Waals surface area contributed by atoms with Gasteiger partial charge >= 0.3 is 0 Å². The monoisotopic (exact) mass is 714 g/mol. The Hall–Kier alpha value is -4.50. The summed E-state index contributed by atoms with van der Waals surface area (Å²) in [5, 5.41) is 13.8. The number of aliphatic hydroxyl groups is 1. The molecule has 0 bridgehead atoms. The van der Waals surface area contributed by atoms with Gasteiger partial charge in [0.25, 0.3) is 11.1 Å². The smallest absolute Gasteiger partial charge is 0.283 e. The molecule has 2 saturated heterocycles. The molecule has 0 radical (unpaired) electrons. The van der Waals surface area contributed by atoms with Crippen LogP contribution in [0.1, 0.15) is 43.0 Å². The Bertz CT molecular complexity index is 2200. The van der Waals surface area contributed by atoms with Gasteiger partial charge in [-0.3, -0.25) is 19.1 Å². The number of hydrogen-bond acceptors (Lipinski definition) is 9. The van der Waals surface area contributed by atoms with Crippen LogP contribution in [0.5, 0.6) is 0 Å². The van der Waals surface area contributed by atoms with E-state index in [0.29, 0.717) is 52.3 Å². The minimum absolute atomic E-state index is 0. The van der Waals surface area contributed by atoms with Gasteiger partial charge in [-0.1, -0.05) is 6.92 Å². The number of rotatable bonds is 8. The van der Waals surface area contributed by atoms with Crippen LogP contribution in [0.2, 0.25) is 0 Å². The maximum Gasteiger partial charge on any atom is 0.283 e. The standard InChI is InChI=1S/C37H41FN8O4.H2S/c1-3-24-19-43(26-21-50-22-26)12-13-44(24)25-8-9-32(40-17-25)41-30-16-23(18-42(2)36(30)48)27-10-11-39-35(29(27)20-47)46-15-14-45-31-7-5-4-6-28(31)33(38)34(45)37(46)49;/h8-11,14-18,24,26,47H,3-7,12-13,19-22H2,1-2H3,(H,40,41);1H2/t24-;/m0./s1. The topological polar surface area (TPSA) is 122 Å². The number of aliphatic hydroxyl groups excluding tert-OH is 1. The second-order valence-electron chi connectivity index (χ2n) is 13.5. The van der Waals surface area contributed by atoms with Crippen molar-refractivity contribution in [3.63, 3.8) is 0 Å². The van der Waals surface area contributed by atoms with Crippen LogP contribution in [0.25, 0.3) is 22.5 Å². The van der Waals surface area contributed by atoms with E-state index in [2.05, 4.69) is 32.0 Å². The Morgan fingerprint density at radius 2 is 1.88 bits per heavy atom. The molecule has 2 fully saturated rings. The van der Waals surface area contributed by atoms with Gasteiger partial charge in [-0.25, -0.2) is 14.4 Å². The zero-order valence-corrected chi connectivity index (χ0v) is 29.8. The van der Waals surface area contributed by atoms with Gasteiger partial charge in [0, 0.05) is 79.9 Å². The highest BCUT2D eigenvalue weighted by atomic mass is 32.1. The van der Waals surface area contributed by atoms with E-state index in [0.717, 1.165) is 69.9 Å². The van der Waals surface area contributed by atoms with Gasteiger partial charge < -0.3 is 29.0 Å². The van der Waals surface area contributed by atoms with E-state index in [1.165, 1.54) is 9.13 Å². The molecule has 14 heteroatoms. The minimum Gasteiger partial charge on any atom is -0.392 e. The number of halogens is 1. The van der Waals surface area contributed by atoms with Crippen molar-refractivity contribution in [1.82, 2.24) is 28.4 Å². The molecule has 7 heterocycles. The normalized spacial score (nSPS) is 18.0. The molecule has 0 amide bonds. The maximum absolute atomic E-state index is 15.5. The summed E-state index contributed by atoms with van der Waals surface area (Å²) in [5.41, 5.74) is 3.55. The molecule has 3 aliphatic rings. The first kappa shape index (κ1) is 34.9. The lowest BCUT2D eigenvalue weighted by Gasteiger charge is -2.47. The molecular formula is C37H43FN8O4S. The summed E-state index contributed by atoms with van der Waals surface area (Å²) in [6, 6.07) is 8.25. The van der Waals surface area contributed by atoms with Crippen LogP contribution in [0, 0.1) is 5.82 Å². The third-order valence-corrected chi connectivity index (χ3v) is 10.6. The summed E-state index contributed by atoms with van der Waals surface area (Å²) in [4.78, 5) is 41.1. The molecule has 0 unspecified atom stereocenters. The molecule has 0 aromatic carbocycles. The number of fused-ring (bicyclic) bond motifs is 3. The van der Waals surface area contributed by atoms with E-state index < -0.39 is 18.0 Å². The van der Waals surface area contributed by atoms with Crippen LogP contribution in [-0.4, -0.2) is 78.4 Å². The van der Waals surface area contributed by atoms with Gasteiger partial charge in [0.05, 0.1) is 37.7 Å². The Balaban J connectivity index is 0.00000406. The molecule has 51 heavy (non-hydrogen) atoms. The molecule has 1 aliphatic carbocycles. The van der Waals surface area contributed by atoms with E-state index in [1.807, 2.05) is 18.3 Å². The number of aromatic nitrogens is 5. The van der Waals surface area contributed by atoms with E-state index >= 15 is 4.39 Å². The van der Waals surface area contributed by atoms with E-state index in [4.69, 9.17) is 4.74 Å². The zero-order chi connectivity index (χ0) is 34.5. The highest BCUT2D eigenvalue weighted by Gasteiger charge is 2.33. The highest BCUT2D eigenvalue weighted by Crippen LogP contribution is 2.31. The summed E-state index contributed by atoms with van der Waals surface area (Å²) >= 11 is 0. The lowest BCUT2D eigenvalue weighted by atomic mass is 9.98. The van der Waals surface area contributed by atoms with Gasteiger partial charge in [0.15, 0.2) is 5.82 Å². The van der Waals surface area contributed by atoms with E-state index in [1.54, 1.807) is 48.4 Å². The zero-order valence-electron chi connectivity index (χ0n) is 28.8. The summed E-state index contributed by atoms with van der Waals surface area (Å²) in [6.45, 7) is 6.29. The minimum atomic E-state index is -0.545. The van der Waals surface area contributed by atoms with Crippen LogP contribution in [0.3, 0.4) is 0 Å². The number of ether oxygens (including phenoxy) is 1. The predicted molar refractivity (Wildman–Crippen MR) is 199 cm³/mol. The van der Waals surface area contributed by atoms with Crippen molar-refractivity contribution in [2.75, 3.05) is 43.1 Å². The number of anilines is 3. The van der Waals surface area contributed by atoms with E-state index in [9.17, 15) is 14.7 Å². The third kappa shape index (κ3) is 6.13. The molecule has 0 saturated carbocycles. The molecule has 5 aromatic heterocycles. The van der Waals surface area contributed by atoms with Crippen LogP contribution in [-0.2, 0) is 31.2 Å². The number of nitrogens with zero attached hydrogens (tertiary/aromatic N) is 7. The third-order valence-electron chi connectivity index (χ3n) is 10.6. The molecule has 12 nitrogen and oxygen atoms in total. The van der Waals surface area contributed by atoms with Crippen LogP contribution < -0.4 is 21.3 Å². The van der Waals surface area contributed by atoms with Crippen molar-refractivity contribution in [2.24, 2.45) is 7.05 Å². The SMILES string of the molecule is CC[C@H]1CN(C2COC2)CCN1c1ccc(Nc2cc(-c3ccnc(-n4ccn5c6c(c(F)c5c4=O)CCCC6)c3CO)cn(C)c2=O)nc1.S. The van der Waals surface area contributed by atoms with Gasteiger partial charge in [0.2, 0.25) is 0 Å². The number of pyridine rings is 3. The van der Waals surface area contributed by atoms with Gasteiger partial charge in [0.1, 0.15) is 22.8 Å². The highest BCUT2D eigenvalue weighted by molar-refractivity contribution is 7.59. The fourth-order valence-corrected chi connectivity index (χ4v) is 7.78. The van der Waals surface area contributed by atoms with Gasteiger partial charge in [-0.15, -0.1) is 0 Å². The second kappa shape index (κ2) is 14.3. The maximum atomic E-state index is 15.5. The number of aryl methyl sites for hydroxylation is 2. The molecule has 2 N–H and O–H groups in total. The summed E-state index contributed by atoms with van der Waals surface area (Å²) in [7, 11) is 1.66. The van der Waals surface area contributed by atoms with Crippen LogP contribution in [0.15, 0.2) is 64.8 Å². The number of hydrogen-bond donors (Lipinski definition) is 2. The molecule has 0 spiro atoms. The van der Waals surface area contributed by atoms with E-state index in [-0.39, 0.29) is 30.4 Å².